The highest BCUT2D eigenvalue weighted by atomic mass is 16.5. The molecule has 0 amide bonds. The molecule has 3 aromatic carbocycles. The van der Waals surface area contributed by atoms with Gasteiger partial charge < -0.3 is 18.9 Å². The van der Waals surface area contributed by atoms with E-state index in [4.69, 9.17) is 4.74 Å². The molecule has 6 rings (SSSR count). The number of hydrogen-bond acceptors (Lipinski definition) is 3. The molecule has 6 nitrogen and oxygen atoms in total. The molecular formula is C29H24N4O2. The van der Waals surface area contributed by atoms with Crippen molar-refractivity contribution in [1.82, 2.24) is 19.1 Å². The molecule has 3 heterocycles. The number of H-pyrrole nitrogens is 1. The van der Waals surface area contributed by atoms with Crippen molar-refractivity contribution in [2.24, 2.45) is 7.05 Å². The van der Waals surface area contributed by atoms with E-state index in [1.165, 1.54) is 5.56 Å². The number of rotatable bonds is 6. The SMILES string of the molecule is Cn1cc(-c2ccc3ncn(CCc4ccccc4)c3c2Oc2ccccc2)c2cc[nH]c2c1=O. The third-order valence-electron chi connectivity index (χ3n) is 6.37. The fourth-order valence-corrected chi connectivity index (χ4v) is 4.60. The molecule has 0 aliphatic carbocycles. The molecule has 0 aliphatic heterocycles. The number of fused-ring (bicyclic) bond motifs is 2. The van der Waals surface area contributed by atoms with E-state index in [0.717, 1.165) is 52.0 Å². The summed E-state index contributed by atoms with van der Waals surface area (Å²) in [5, 5.41) is 0.862. The molecule has 6 heteroatoms. The Morgan fingerprint density at radius 1 is 0.914 bits per heavy atom. The van der Waals surface area contributed by atoms with Crippen molar-refractivity contribution in [1.29, 1.82) is 0 Å². The Balaban J connectivity index is 1.56. The van der Waals surface area contributed by atoms with Gasteiger partial charge in [-0.3, -0.25) is 4.79 Å². The number of aryl methyl sites for hydroxylation is 3. The van der Waals surface area contributed by atoms with Crippen LogP contribution in [0.5, 0.6) is 11.5 Å². The minimum atomic E-state index is -0.0618. The van der Waals surface area contributed by atoms with Gasteiger partial charge in [-0.25, -0.2) is 4.98 Å². The van der Waals surface area contributed by atoms with Gasteiger partial charge in [0.05, 0.1) is 11.8 Å². The summed E-state index contributed by atoms with van der Waals surface area (Å²) in [4.78, 5) is 20.5. The summed E-state index contributed by atoms with van der Waals surface area (Å²) in [5.41, 5.74) is 5.41. The van der Waals surface area contributed by atoms with Gasteiger partial charge in [0.15, 0.2) is 5.75 Å². The molecule has 0 atom stereocenters. The van der Waals surface area contributed by atoms with E-state index in [1.807, 2.05) is 67.1 Å². The van der Waals surface area contributed by atoms with Crippen molar-refractivity contribution in [3.05, 3.63) is 114 Å². The van der Waals surface area contributed by atoms with Crippen molar-refractivity contribution in [3.63, 3.8) is 0 Å². The van der Waals surface area contributed by atoms with E-state index >= 15 is 0 Å². The number of aromatic nitrogens is 4. The Bertz CT molecular complexity index is 1700. The Labute approximate surface area is 202 Å². The standard InChI is InChI=1S/C29H24N4O2/c1-32-18-24(22-14-16-30-26(22)29(32)34)23-12-13-25-27(28(23)35-21-10-6-3-7-11-21)33(19-31-25)17-15-20-8-4-2-5-9-20/h2-14,16,18-19,30H,15,17H2,1H3. The highest BCUT2D eigenvalue weighted by Gasteiger charge is 2.20. The largest absolute Gasteiger partial charge is 0.454 e. The maximum absolute atomic E-state index is 12.7. The molecule has 172 valence electrons. The monoisotopic (exact) mass is 460 g/mol. The summed E-state index contributed by atoms with van der Waals surface area (Å²) in [6.45, 7) is 0.766. The Morgan fingerprint density at radius 2 is 1.69 bits per heavy atom. The van der Waals surface area contributed by atoms with Crippen LogP contribution in [0.4, 0.5) is 0 Å². The van der Waals surface area contributed by atoms with E-state index in [1.54, 1.807) is 17.8 Å². The molecular weight excluding hydrogens is 436 g/mol. The minimum Gasteiger partial charge on any atom is -0.454 e. The van der Waals surface area contributed by atoms with Crippen LogP contribution in [0, 0.1) is 0 Å². The number of benzene rings is 3. The molecule has 0 radical (unpaired) electrons. The van der Waals surface area contributed by atoms with Gasteiger partial charge in [-0.2, -0.15) is 0 Å². The first-order valence-corrected chi connectivity index (χ1v) is 11.6. The van der Waals surface area contributed by atoms with E-state index in [2.05, 4.69) is 38.8 Å². The number of nitrogens with zero attached hydrogens (tertiary/aromatic N) is 3. The van der Waals surface area contributed by atoms with Crippen molar-refractivity contribution < 1.29 is 4.74 Å². The normalized spacial score (nSPS) is 11.3. The second-order valence-corrected chi connectivity index (χ2v) is 8.62. The zero-order valence-electron chi connectivity index (χ0n) is 19.3. The third kappa shape index (κ3) is 3.79. The van der Waals surface area contributed by atoms with Crippen LogP contribution in [0.2, 0.25) is 0 Å². The summed E-state index contributed by atoms with van der Waals surface area (Å²) in [6.07, 6.45) is 6.43. The highest BCUT2D eigenvalue weighted by Crippen LogP contribution is 2.41. The maximum Gasteiger partial charge on any atom is 0.274 e. The van der Waals surface area contributed by atoms with Crippen LogP contribution in [0.25, 0.3) is 33.1 Å². The van der Waals surface area contributed by atoms with Gasteiger partial charge in [-0.1, -0.05) is 48.5 Å². The molecule has 3 aromatic heterocycles. The summed E-state index contributed by atoms with van der Waals surface area (Å²) >= 11 is 0. The second-order valence-electron chi connectivity index (χ2n) is 8.62. The van der Waals surface area contributed by atoms with Crippen LogP contribution < -0.4 is 10.3 Å². The Morgan fingerprint density at radius 3 is 2.49 bits per heavy atom. The first-order chi connectivity index (χ1) is 17.2. The van der Waals surface area contributed by atoms with Crippen LogP contribution in [0.15, 0.2) is 102 Å². The van der Waals surface area contributed by atoms with Crippen molar-refractivity contribution in [2.45, 2.75) is 13.0 Å². The van der Waals surface area contributed by atoms with Gasteiger partial charge in [-0.05, 0) is 42.3 Å². The molecule has 0 saturated carbocycles. The third-order valence-corrected chi connectivity index (χ3v) is 6.37. The Kier molecular flexibility index (Phi) is 5.19. The molecule has 0 saturated heterocycles. The van der Waals surface area contributed by atoms with Crippen LogP contribution in [-0.4, -0.2) is 19.1 Å². The predicted octanol–water partition coefficient (Wildman–Crippen LogP) is 5.92. The number of para-hydroxylation sites is 1. The average Bonchev–Trinajstić information content (AvgIpc) is 3.55. The summed E-state index contributed by atoms with van der Waals surface area (Å²) in [6, 6.07) is 26.2. The average molecular weight is 461 g/mol. The van der Waals surface area contributed by atoms with Gasteiger partial charge in [0.2, 0.25) is 0 Å². The molecule has 1 N–H and O–H groups in total. The second kappa shape index (κ2) is 8.65. The van der Waals surface area contributed by atoms with Crippen LogP contribution >= 0.6 is 0 Å². The zero-order valence-corrected chi connectivity index (χ0v) is 19.3. The number of nitrogens with one attached hydrogen (secondary N) is 1. The fraction of sp³-hybridized carbons (Fsp3) is 0.103. The van der Waals surface area contributed by atoms with E-state index < -0.39 is 0 Å². The van der Waals surface area contributed by atoms with Crippen molar-refractivity contribution in [3.8, 4) is 22.6 Å². The number of pyridine rings is 1. The molecule has 0 unspecified atom stereocenters. The molecule has 0 aliphatic rings. The lowest BCUT2D eigenvalue weighted by Gasteiger charge is -2.16. The quantitative estimate of drug-likeness (QED) is 0.336. The summed E-state index contributed by atoms with van der Waals surface area (Å²) in [7, 11) is 1.77. The number of ether oxygens (including phenoxy) is 1. The Hall–Kier alpha value is -4.58. The number of aromatic amines is 1. The van der Waals surface area contributed by atoms with E-state index in [0.29, 0.717) is 5.52 Å². The summed E-state index contributed by atoms with van der Waals surface area (Å²) in [5.74, 6) is 1.47. The van der Waals surface area contributed by atoms with Crippen molar-refractivity contribution in [2.75, 3.05) is 0 Å². The van der Waals surface area contributed by atoms with Gasteiger partial charge >= 0.3 is 0 Å². The van der Waals surface area contributed by atoms with Crippen LogP contribution in [0.1, 0.15) is 5.56 Å². The molecule has 0 spiro atoms. The molecule has 0 bridgehead atoms. The van der Waals surface area contributed by atoms with Gasteiger partial charge in [-0.15, -0.1) is 0 Å². The molecule has 35 heavy (non-hydrogen) atoms. The number of hydrogen-bond donors (Lipinski definition) is 1. The fourth-order valence-electron chi connectivity index (χ4n) is 4.60. The van der Waals surface area contributed by atoms with Crippen LogP contribution in [-0.2, 0) is 20.0 Å². The molecule has 6 aromatic rings. The zero-order chi connectivity index (χ0) is 23.8. The first-order valence-electron chi connectivity index (χ1n) is 11.6. The topological polar surface area (TPSA) is 64.8 Å². The van der Waals surface area contributed by atoms with Gasteiger partial charge in [0, 0.05) is 42.5 Å². The van der Waals surface area contributed by atoms with Gasteiger partial charge in [0.1, 0.15) is 16.8 Å². The number of imidazole rings is 1. The first kappa shape index (κ1) is 21.0. The lowest BCUT2D eigenvalue weighted by atomic mass is 10.0. The highest BCUT2D eigenvalue weighted by molar-refractivity contribution is 6.00. The van der Waals surface area contributed by atoms with Crippen LogP contribution in [0.3, 0.4) is 0 Å². The lowest BCUT2D eigenvalue weighted by Crippen LogP contribution is -2.16. The minimum absolute atomic E-state index is 0.0618. The van der Waals surface area contributed by atoms with Gasteiger partial charge in [0.25, 0.3) is 5.56 Å². The van der Waals surface area contributed by atoms with E-state index in [9.17, 15) is 4.79 Å². The lowest BCUT2D eigenvalue weighted by molar-refractivity contribution is 0.486. The molecule has 0 fully saturated rings. The predicted molar refractivity (Wildman–Crippen MR) is 139 cm³/mol. The van der Waals surface area contributed by atoms with E-state index in [-0.39, 0.29) is 5.56 Å². The summed E-state index contributed by atoms with van der Waals surface area (Å²) < 4.78 is 10.3. The van der Waals surface area contributed by atoms with Crippen molar-refractivity contribution >= 4 is 21.9 Å². The smallest absolute Gasteiger partial charge is 0.274 e. The maximum atomic E-state index is 12.7.